The molecule has 0 aliphatic heterocycles. The first-order chi connectivity index (χ1) is 5.61. The second-order valence-electron chi connectivity index (χ2n) is 2.29. The molecule has 0 spiro atoms. The number of halogens is 1. The van der Waals surface area contributed by atoms with Crippen LogP contribution in [-0.2, 0) is 0 Å². The third kappa shape index (κ3) is 2.02. The standard InChI is InChI=1S/C7H8BrN3O/c1-11(9)7(12)5-2-3-6(8)10-4-5/h2-4H,9H2,1H3. The number of hydrogen-bond donors (Lipinski definition) is 1. The van der Waals surface area contributed by atoms with Crippen molar-refractivity contribution in [3.63, 3.8) is 0 Å². The lowest BCUT2D eigenvalue weighted by Crippen LogP contribution is -2.33. The summed E-state index contributed by atoms with van der Waals surface area (Å²) in [4.78, 5) is 15.1. The molecule has 12 heavy (non-hydrogen) atoms. The molecule has 1 rings (SSSR count). The van der Waals surface area contributed by atoms with Gasteiger partial charge < -0.3 is 0 Å². The number of pyridine rings is 1. The van der Waals surface area contributed by atoms with E-state index in [-0.39, 0.29) is 5.91 Å². The maximum absolute atomic E-state index is 11.2. The number of amides is 1. The van der Waals surface area contributed by atoms with Gasteiger partial charge in [0.15, 0.2) is 0 Å². The van der Waals surface area contributed by atoms with Crippen LogP contribution in [0.5, 0.6) is 0 Å². The Morgan fingerprint density at radius 1 is 1.67 bits per heavy atom. The second-order valence-corrected chi connectivity index (χ2v) is 3.10. The highest BCUT2D eigenvalue weighted by Crippen LogP contribution is 2.06. The fourth-order valence-corrected chi connectivity index (χ4v) is 0.941. The van der Waals surface area contributed by atoms with E-state index in [9.17, 15) is 4.79 Å². The van der Waals surface area contributed by atoms with Crippen molar-refractivity contribution in [2.24, 2.45) is 5.84 Å². The first-order valence-corrected chi connectivity index (χ1v) is 4.05. The summed E-state index contributed by atoms with van der Waals surface area (Å²) in [5.41, 5.74) is 0.475. The Morgan fingerprint density at radius 2 is 2.33 bits per heavy atom. The zero-order chi connectivity index (χ0) is 9.14. The van der Waals surface area contributed by atoms with Crippen molar-refractivity contribution in [2.75, 3.05) is 7.05 Å². The molecule has 1 heterocycles. The van der Waals surface area contributed by atoms with Gasteiger partial charge >= 0.3 is 0 Å². The highest BCUT2D eigenvalue weighted by atomic mass is 79.9. The van der Waals surface area contributed by atoms with Gasteiger partial charge in [0.1, 0.15) is 4.60 Å². The monoisotopic (exact) mass is 229 g/mol. The van der Waals surface area contributed by atoms with E-state index in [1.54, 1.807) is 12.1 Å². The first kappa shape index (κ1) is 9.15. The van der Waals surface area contributed by atoms with Gasteiger partial charge in [-0.25, -0.2) is 10.8 Å². The Kier molecular flexibility index (Phi) is 2.78. The summed E-state index contributed by atoms with van der Waals surface area (Å²) in [6.07, 6.45) is 1.47. The summed E-state index contributed by atoms with van der Waals surface area (Å²) in [5, 5.41) is 1.02. The van der Waals surface area contributed by atoms with Crippen LogP contribution in [0.3, 0.4) is 0 Å². The molecule has 0 unspecified atom stereocenters. The maximum Gasteiger partial charge on any atom is 0.269 e. The predicted octanol–water partition coefficient (Wildman–Crippen LogP) is 0.790. The van der Waals surface area contributed by atoms with E-state index in [2.05, 4.69) is 20.9 Å². The van der Waals surface area contributed by atoms with E-state index in [0.717, 1.165) is 5.01 Å². The van der Waals surface area contributed by atoms with Gasteiger partial charge in [0.05, 0.1) is 5.56 Å². The first-order valence-electron chi connectivity index (χ1n) is 3.25. The average molecular weight is 230 g/mol. The topological polar surface area (TPSA) is 59.2 Å². The van der Waals surface area contributed by atoms with Crippen LogP contribution >= 0.6 is 15.9 Å². The summed E-state index contributed by atoms with van der Waals surface area (Å²) >= 11 is 3.16. The number of hydrazine groups is 1. The van der Waals surface area contributed by atoms with Crippen molar-refractivity contribution in [3.05, 3.63) is 28.5 Å². The Balaban J connectivity index is 2.90. The number of nitrogens with zero attached hydrogens (tertiary/aromatic N) is 2. The Labute approximate surface area is 78.5 Å². The van der Waals surface area contributed by atoms with E-state index >= 15 is 0 Å². The molecule has 0 radical (unpaired) electrons. The molecule has 5 heteroatoms. The largest absolute Gasteiger partial charge is 0.280 e. The highest BCUT2D eigenvalue weighted by molar-refractivity contribution is 9.10. The number of carbonyl (C=O) groups excluding carboxylic acids is 1. The highest BCUT2D eigenvalue weighted by Gasteiger charge is 2.07. The van der Waals surface area contributed by atoms with Crippen LogP contribution in [-0.4, -0.2) is 22.9 Å². The number of carbonyl (C=O) groups is 1. The Bertz CT molecular complexity index is 283. The molecule has 0 aliphatic carbocycles. The van der Waals surface area contributed by atoms with Crippen molar-refractivity contribution in [1.29, 1.82) is 0 Å². The van der Waals surface area contributed by atoms with Gasteiger partial charge in [-0.1, -0.05) is 0 Å². The SMILES string of the molecule is CN(N)C(=O)c1ccc(Br)nc1. The molecule has 4 nitrogen and oxygen atoms in total. The number of hydrogen-bond acceptors (Lipinski definition) is 3. The van der Waals surface area contributed by atoms with Crippen molar-refractivity contribution >= 4 is 21.8 Å². The van der Waals surface area contributed by atoms with E-state index in [1.165, 1.54) is 13.2 Å². The minimum atomic E-state index is -0.255. The molecule has 0 aromatic carbocycles. The van der Waals surface area contributed by atoms with Crippen LogP contribution in [0.15, 0.2) is 22.9 Å². The van der Waals surface area contributed by atoms with Gasteiger partial charge in [-0.2, -0.15) is 0 Å². The lowest BCUT2D eigenvalue weighted by molar-refractivity contribution is 0.0794. The van der Waals surface area contributed by atoms with Crippen LogP contribution in [0.1, 0.15) is 10.4 Å². The molecular weight excluding hydrogens is 222 g/mol. The van der Waals surface area contributed by atoms with Gasteiger partial charge in [0.2, 0.25) is 0 Å². The molecule has 0 atom stereocenters. The third-order valence-corrected chi connectivity index (χ3v) is 1.76. The van der Waals surface area contributed by atoms with Gasteiger partial charge in [0, 0.05) is 13.2 Å². The lowest BCUT2D eigenvalue weighted by atomic mass is 10.3. The number of nitrogens with two attached hydrogens (primary N) is 1. The van der Waals surface area contributed by atoms with E-state index in [1.807, 2.05) is 0 Å². The van der Waals surface area contributed by atoms with Gasteiger partial charge in [-0.15, -0.1) is 0 Å². The maximum atomic E-state index is 11.2. The van der Waals surface area contributed by atoms with Gasteiger partial charge in [-0.05, 0) is 28.1 Å². The van der Waals surface area contributed by atoms with E-state index < -0.39 is 0 Å². The second kappa shape index (κ2) is 3.64. The summed E-state index contributed by atoms with van der Waals surface area (Å²) in [5.74, 6) is 5.00. The molecule has 0 saturated carbocycles. The number of aromatic nitrogens is 1. The van der Waals surface area contributed by atoms with Crippen molar-refractivity contribution in [2.45, 2.75) is 0 Å². The molecule has 1 amide bonds. The molecular formula is C7H8BrN3O. The van der Waals surface area contributed by atoms with Crippen molar-refractivity contribution < 1.29 is 4.79 Å². The molecule has 0 saturated heterocycles. The minimum absolute atomic E-state index is 0.255. The minimum Gasteiger partial charge on any atom is -0.280 e. The van der Waals surface area contributed by atoms with E-state index in [0.29, 0.717) is 10.2 Å². The Morgan fingerprint density at radius 3 is 2.75 bits per heavy atom. The van der Waals surface area contributed by atoms with Crippen LogP contribution in [0.25, 0.3) is 0 Å². The summed E-state index contributed by atoms with van der Waals surface area (Å²) in [6, 6.07) is 3.35. The van der Waals surface area contributed by atoms with Crippen molar-refractivity contribution in [3.8, 4) is 0 Å². The molecule has 1 aromatic heterocycles. The molecule has 0 bridgehead atoms. The Hall–Kier alpha value is -0.940. The lowest BCUT2D eigenvalue weighted by Gasteiger charge is -2.08. The zero-order valence-electron chi connectivity index (χ0n) is 6.49. The average Bonchev–Trinajstić information content (AvgIpc) is 2.04. The normalized spacial score (nSPS) is 9.58. The third-order valence-electron chi connectivity index (χ3n) is 1.29. The molecule has 2 N–H and O–H groups in total. The molecule has 0 aliphatic rings. The fourth-order valence-electron chi connectivity index (χ4n) is 0.706. The van der Waals surface area contributed by atoms with Gasteiger partial charge in [0.25, 0.3) is 5.91 Å². The molecule has 1 aromatic rings. The molecule has 64 valence electrons. The van der Waals surface area contributed by atoms with Gasteiger partial charge in [-0.3, -0.25) is 9.80 Å². The fraction of sp³-hybridized carbons (Fsp3) is 0.143. The quantitative estimate of drug-likeness (QED) is 0.336. The van der Waals surface area contributed by atoms with Crippen LogP contribution < -0.4 is 5.84 Å². The summed E-state index contributed by atoms with van der Waals surface area (Å²) in [7, 11) is 1.49. The summed E-state index contributed by atoms with van der Waals surface area (Å²) < 4.78 is 0.693. The zero-order valence-corrected chi connectivity index (χ0v) is 8.08. The predicted molar refractivity (Wildman–Crippen MR) is 48.2 cm³/mol. The van der Waals surface area contributed by atoms with Crippen LogP contribution in [0.2, 0.25) is 0 Å². The molecule has 0 fully saturated rings. The smallest absolute Gasteiger partial charge is 0.269 e. The van der Waals surface area contributed by atoms with Crippen LogP contribution in [0.4, 0.5) is 0 Å². The number of rotatable bonds is 1. The van der Waals surface area contributed by atoms with Crippen LogP contribution in [0, 0.1) is 0 Å². The summed E-state index contributed by atoms with van der Waals surface area (Å²) in [6.45, 7) is 0. The van der Waals surface area contributed by atoms with Crippen molar-refractivity contribution in [1.82, 2.24) is 9.99 Å². The van der Waals surface area contributed by atoms with E-state index in [4.69, 9.17) is 5.84 Å².